The van der Waals surface area contributed by atoms with Crippen molar-refractivity contribution in [2.75, 3.05) is 0 Å². The minimum atomic E-state index is -4.65. The van der Waals surface area contributed by atoms with Gasteiger partial charge >= 0.3 is 12.1 Å². The lowest BCUT2D eigenvalue weighted by Gasteiger charge is -2.11. The average Bonchev–Trinajstić information content (AvgIpc) is 3.18. The van der Waals surface area contributed by atoms with E-state index in [0.29, 0.717) is 5.69 Å². The van der Waals surface area contributed by atoms with Crippen LogP contribution in [0.4, 0.5) is 28.9 Å². The molecule has 0 atom stereocenters. The van der Waals surface area contributed by atoms with E-state index in [1.54, 1.807) is 26.0 Å². The first-order valence-electron chi connectivity index (χ1n) is 12.3. The van der Waals surface area contributed by atoms with Crippen molar-refractivity contribution in [3.05, 3.63) is 99.8 Å². The number of rotatable bonds is 5. The molecule has 0 aliphatic rings. The van der Waals surface area contributed by atoms with Crippen molar-refractivity contribution >= 4 is 39.8 Å². The van der Waals surface area contributed by atoms with E-state index in [2.05, 4.69) is 10.2 Å². The number of hydrogen-bond donors (Lipinski definition) is 3. The zero-order valence-electron chi connectivity index (χ0n) is 21.8. The van der Waals surface area contributed by atoms with Gasteiger partial charge in [0.15, 0.2) is 11.4 Å². The Labute approximate surface area is 240 Å². The van der Waals surface area contributed by atoms with E-state index >= 15 is 0 Å². The van der Waals surface area contributed by atoms with Gasteiger partial charge in [-0.1, -0.05) is 23.7 Å². The molecule has 0 radical (unpaired) electrons. The molecule has 0 aliphatic carbocycles. The van der Waals surface area contributed by atoms with Crippen LogP contribution in [-0.2, 0) is 6.18 Å². The van der Waals surface area contributed by atoms with Crippen molar-refractivity contribution in [3.63, 3.8) is 0 Å². The standard InChI is InChI=1S/C30H20ClF4N3O4/c1-14-7-15(2)9-19(8-14)38-25-11-17(30(33,34)35)4-5-20(25)26(28(38)40)37-36-24-13-18(31)12-21(27(24)39)16-3-6-23(32)22(10-16)29(41)42/h3-13,39-40H,1-2H3,(H,41,42). The molecule has 1 aromatic heterocycles. The Bertz CT molecular complexity index is 1910. The normalized spacial score (nSPS) is 12.0. The number of phenols is 1. The van der Waals surface area contributed by atoms with Crippen LogP contribution < -0.4 is 0 Å². The SMILES string of the molecule is Cc1cc(C)cc(-n2c(O)c(N=Nc3cc(Cl)cc(-c4ccc(F)c(C(=O)O)c4)c3O)c3ccc(C(F)(F)F)cc32)c1. The van der Waals surface area contributed by atoms with E-state index in [-0.39, 0.29) is 38.4 Å². The molecule has 0 saturated carbocycles. The largest absolute Gasteiger partial charge is 0.505 e. The van der Waals surface area contributed by atoms with E-state index in [4.69, 9.17) is 11.6 Å². The first-order chi connectivity index (χ1) is 19.7. The smallest absolute Gasteiger partial charge is 0.416 e. The molecular weight excluding hydrogens is 578 g/mol. The third-order valence-electron chi connectivity index (χ3n) is 6.53. The number of carboxylic acid groups (broad SMARTS) is 1. The van der Waals surface area contributed by atoms with Crippen molar-refractivity contribution in [2.45, 2.75) is 20.0 Å². The van der Waals surface area contributed by atoms with E-state index in [0.717, 1.165) is 35.4 Å². The van der Waals surface area contributed by atoms with Crippen LogP contribution >= 0.6 is 11.6 Å². The molecule has 214 valence electrons. The van der Waals surface area contributed by atoms with Gasteiger partial charge in [-0.25, -0.2) is 9.18 Å². The van der Waals surface area contributed by atoms with Crippen LogP contribution in [0.25, 0.3) is 27.7 Å². The molecule has 0 saturated heterocycles. The van der Waals surface area contributed by atoms with Gasteiger partial charge in [0, 0.05) is 21.7 Å². The summed E-state index contributed by atoms with van der Waals surface area (Å²) < 4.78 is 56.0. The Morgan fingerprint density at radius 2 is 1.60 bits per heavy atom. The summed E-state index contributed by atoms with van der Waals surface area (Å²) in [6.07, 6.45) is -4.65. The number of carbonyl (C=O) groups is 1. The summed E-state index contributed by atoms with van der Waals surface area (Å²) >= 11 is 6.22. The second kappa shape index (κ2) is 10.5. The second-order valence-electron chi connectivity index (χ2n) is 9.60. The van der Waals surface area contributed by atoms with E-state index in [1.165, 1.54) is 28.8 Å². The number of carboxylic acids is 1. The van der Waals surface area contributed by atoms with Crippen LogP contribution in [0.2, 0.25) is 5.02 Å². The summed E-state index contributed by atoms with van der Waals surface area (Å²) in [5.41, 5.74) is 0.255. The Balaban J connectivity index is 1.69. The number of nitrogens with zero attached hydrogens (tertiary/aromatic N) is 3. The first kappa shape index (κ1) is 28.6. The van der Waals surface area contributed by atoms with Gasteiger partial charge in [0.05, 0.1) is 16.6 Å². The molecule has 5 aromatic rings. The number of phenolic OH excluding ortho intramolecular Hbond substituents is 1. The summed E-state index contributed by atoms with van der Waals surface area (Å²) in [6.45, 7) is 3.61. The molecule has 0 fully saturated rings. The highest BCUT2D eigenvalue weighted by Gasteiger charge is 2.32. The minimum absolute atomic E-state index is 0.0183. The predicted octanol–water partition coefficient (Wildman–Crippen LogP) is 9.25. The van der Waals surface area contributed by atoms with E-state index in [1.807, 2.05) is 6.07 Å². The predicted molar refractivity (Wildman–Crippen MR) is 149 cm³/mol. The van der Waals surface area contributed by atoms with Crippen molar-refractivity contribution in [1.29, 1.82) is 0 Å². The third kappa shape index (κ3) is 5.26. The number of hydrogen-bond acceptors (Lipinski definition) is 5. The first-order valence-corrected chi connectivity index (χ1v) is 12.6. The lowest BCUT2D eigenvalue weighted by atomic mass is 10.0. The van der Waals surface area contributed by atoms with E-state index < -0.39 is 40.7 Å². The van der Waals surface area contributed by atoms with Gasteiger partial charge < -0.3 is 15.3 Å². The van der Waals surface area contributed by atoms with Gasteiger partial charge in [-0.3, -0.25) is 4.57 Å². The molecule has 1 heterocycles. The van der Waals surface area contributed by atoms with Gasteiger partial charge in [-0.15, -0.1) is 10.2 Å². The fourth-order valence-electron chi connectivity index (χ4n) is 4.72. The molecule has 0 aliphatic heterocycles. The number of alkyl halides is 3. The highest BCUT2D eigenvalue weighted by molar-refractivity contribution is 6.31. The lowest BCUT2D eigenvalue weighted by molar-refractivity contribution is -0.137. The van der Waals surface area contributed by atoms with E-state index in [9.17, 15) is 37.7 Å². The molecule has 12 heteroatoms. The van der Waals surface area contributed by atoms with Crippen LogP contribution in [0.15, 0.2) is 77.0 Å². The summed E-state index contributed by atoms with van der Waals surface area (Å²) in [4.78, 5) is 11.4. The van der Waals surface area contributed by atoms with Crippen LogP contribution in [0.5, 0.6) is 11.6 Å². The number of aromatic nitrogens is 1. The zero-order valence-corrected chi connectivity index (χ0v) is 22.6. The number of azo groups is 1. The maximum Gasteiger partial charge on any atom is 0.416 e. The summed E-state index contributed by atoms with van der Waals surface area (Å²) in [5.74, 6) is -3.47. The fraction of sp³-hybridized carbons (Fsp3) is 0.100. The molecule has 4 aromatic carbocycles. The number of aromatic carboxylic acids is 1. The molecule has 5 rings (SSSR count). The molecular formula is C30H20ClF4N3O4. The molecule has 0 unspecified atom stereocenters. The average molecular weight is 598 g/mol. The van der Waals surface area contributed by atoms with Crippen LogP contribution in [0.3, 0.4) is 0 Å². The number of aromatic hydroxyl groups is 2. The van der Waals surface area contributed by atoms with Crippen molar-refractivity contribution < 1.29 is 37.7 Å². The van der Waals surface area contributed by atoms with Gasteiger partial charge in [0.1, 0.15) is 11.5 Å². The molecule has 0 amide bonds. The summed E-state index contributed by atoms with van der Waals surface area (Å²) in [7, 11) is 0. The Kier molecular flexibility index (Phi) is 7.15. The van der Waals surface area contributed by atoms with Gasteiger partial charge in [0.25, 0.3) is 0 Å². The molecule has 42 heavy (non-hydrogen) atoms. The summed E-state index contributed by atoms with van der Waals surface area (Å²) in [6, 6.07) is 13.9. The molecule has 7 nitrogen and oxygen atoms in total. The Morgan fingerprint density at radius 3 is 2.24 bits per heavy atom. The van der Waals surface area contributed by atoms with Gasteiger partial charge in [-0.05, 0) is 85.1 Å². The van der Waals surface area contributed by atoms with Gasteiger partial charge in [-0.2, -0.15) is 13.2 Å². The van der Waals surface area contributed by atoms with Crippen LogP contribution in [0, 0.1) is 19.7 Å². The fourth-order valence-corrected chi connectivity index (χ4v) is 4.93. The quantitative estimate of drug-likeness (QED) is 0.139. The molecule has 0 spiro atoms. The number of aryl methyl sites for hydroxylation is 2. The number of benzene rings is 4. The summed E-state index contributed by atoms with van der Waals surface area (Å²) in [5, 5.41) is 39.8. The minimum Gasteiger partial charge on any atom is -0.505 e. The number of fused-ring (bicyclic) bond motifs is 1. The van der Waals surface area contributed by atoms with Crippen molar-refractivity contribution in [3.8, 4) is 28.4 Å². The van der Waals surface area contributed by atoms with Gasteiger partial charge in [0.2, 0.25) is 5.88 Å². The highest BCUT2D eigenvalue weighted by atomic mass is 35.5. The molecule has 0 bridgehead atoms. The van der Waals surface area contributed by atoms with Crippen LogP contribution in [0.1, 0.15) is 27.0 Å². The van der Waals surface area contributed by atoms with Crippen molar-refractivity contribution in [2.24, 2.45) is 10.2 Å². The maximum atomic E-state index is 13.9. The topological polar surface area (TPSA) is 107 Å². The monoisotopic (exact) mass is 597 g/mol. The Morgan fingerprint density at radius 1 is 0.905 bits per heavy atom. The van der Waals surface area contributed by atoms with Crippen molar-refractivity contribution in [1.82, 2.24) is 4.57 Å². The lowest BCUT2D eigenvalue weighted by Crippen LogP contribution is -2.05. The number of halogens is 5. The second-order valence-corrected chi connectivity index (χ2v) is 10.0. The Hall–Kier alpha value is -4.90. The molecule has 3 N–H and O–H groups in total. The zero-order chi connectivity index (χ0) is 30.5. The maximum absolute atomic E-state index is 13.9. The third-order valence-corrected chi connectivity index (χ3v) is 6.75. The highest BCUT2D eigenvalue weighted by Crippen LogP contribution is 2.46. The van der Waals surface area contributed by atoms with Crippen LogP contribution in [-0.4, -0.2) is 25.9 Å².